The van der Waals surface area contributed by atoms with Crippen LogP contribution in [-0.4, -0.2) is 33.1 Å². The normalized spacial score (nSPS) is 25.6. The van der Waals surface area contributed by atoms with E-state index in [0.29, 0.717) is 6.42 Å². The van der Waals surface area contributed by atoms with Crippen LogP contribution in [0.25, 0.3) is 0 Å². The molecule has 2 heterocycles. The van der Waals surface area contributed by atoms with Crippen LogP contribution in [0, 0.1) is 5.82 Å². The topological polar surface area (TPSA) is 90.4 Å². The van der Waals surface area contributed by atoms with Crippen LogP contribution in [0.4, 0.5) is 4.39 Å². The molecule has 0 saturated carbocycles. The van der Waals surface area contributed by atoms with Crippen molar-refractivity contribution in [2.75, 3.05) is 6.61 Å². The van der Waals surface area contributed by atoms with Crippen LogP contribution < -0.4 is 11.2 Å². The monoisotopic (exact) mass is 350 g/mol. The van der Waals surface area contributed by atoms with E-state index >= 15 is 0 Å². The second kappa shape index (κ2) is 5.88. The minimum Gasteiger partial charge on any atom is -0.463 e. The van der Waals surface area contributed by atoms with Gasteiger partial charge < -0.3 is 9.47 Å². The largest absolute Gasteiger partial charge is 0.463 e. The van der Waals surface area contributed by atoms with Crippen molar-refractivity contribution >= 4 is 21.9 Å². The second-order valence-corrected chi connectivity index (χ2v) is 5.50. The standard InChI is InChI=1S/C11H12BrFN2O5/c1-5(16)19-4-8-6(12)2-9(20-8)15-3-7(13)10(17)14-11(15)18/h3,6,8-9H,2,4H2,1H3,(H,14,17,18). The fraction of sp³-hybridized carbons (Fsp3) is 0.545. The highest BCUT2D eigenvalue weighted by Crippen LogP contribution is 2.32. The maximum absolute atomic E-state index is 13.2. The van der Waals surface area contributed by atoms with Gasteiger partial charge in [-0.15, -0.1) is 0 Å². The first-order chi connectivity index (χ1) is 9.38. The Hall–Kier alpha value is -1.48. The number of hydrogen-bond donors (Lipinski definition) is 1. The highest BCUT2D eigenvalue weighted by Gasteiger charge is 2.36. The van der Waals surface area contributed by atoms with Crippen molar-refractivity contribution in [3.8, 4) is 0 Å². The maximum atomic E-state index is 13.2. The molecule has 0 spiro atoms. The molecular weight excluding hydrogens is 339 g/mol. The van der Waals surface area contributed by atoms with Gasteiger partial charge in [0.2, 0.25) is 5.82 Å². The Kier molecular flexibility index (Phi) is 4.39. The molecule has 1 fully saturated rings. The molecule has 0 aromatic carbocycles. The second-order valence-electron chi connectivity index (χ2n) is 4.33. The van der Waals surface area contributed by atoms with Crippen LogP contribution >= 0.6 is 15.9 Å². The number of ether oxygens (including phenoxy) is 2. The van der Waals surface area contributed by atoms with Gasteiger partial charge in [0.15, 0.2) is 0 Å². The van der Waals surface area contributed by atoms with Crippen LogP contribution in [0.1, 0.15) is 19.6 Å². The van der Waals surface area contributed by atoms with E-state index in [4.69, 9.17) is 9.47 Å². The van der Waals surface area contributed by atoms with Gasteiger partial charge in [-0.2, -0.15) is 4.39 Å². The average molecular weight is 351 g/mol. The summed E-state index contributed by atoms with van der Waals surface area (Å²) in [5.74, 6) is -1.51. The Morgan fingerprint density at radius 1 is 1.65 bits per heavy atom. The number of H-pyrrole nitrogens is 1. The molecule has 2 rings (SSSR count). The van der Waals surface area contributed by atoms with E-state index < -0.39 is 35.4 Å². The quantitative estimate of drug-likeness (QED) is 0.625. The molecule has 1 aromatic heterocycles. The minimum absolute atomic E-state index is 0.0301. The molecule has 3 unspecified atom stereocenters. The number of halogens is 2. The molecule has 0 radical (unpaired) electrons. The van der Waals surface area contributed by atoms with Crippen LogP contribution in [0.3, 0.4) is 0 Å². The Labute approximate surface area is 120 Å². The first-order valence-electron chi connectivity index (χ1n) is 5.82. The van der Waals surface area contributed by atoms with Gasteiger partial charge in [-0.25, -0.2) is 4.79 Å². The Morgan fingerprint density at radius 3 is 3.00 bits per heavy atom. The number of carbonyl (C=O) groups excluding carboxylic acids is 1. The number of rotatable bonds is 3. The van der Waals surface area contributed by atoms with Gasteiger partial charge in [0.25, 0.3) is 5.56 Å². The Morgan fingerprint density at radius 2 is 2.35 bits per heavy atom. The van der Waals surface area contributed by atoms with Crippen molar-refractivity contribution in [3.63, 3.8) is 0 Å². The molecular formula is C11H12BrFN2O5. The molecule has 1 aliphatic rings. The SMILES string of the molecule is CC(=O)OCC1OC(n2cc(F)c(=O)[nH]c2=O)CC1Br. The van der Waals surface area contributed by atoms with Gasteiger partial charge in [0.1, 0.15) is 18.9 Å². The van der Waals surface area contributed by atoms with E-state index in [1.165, 1.54) is 6.92 Å². The molecule has 1 aliphatic heterocycles. The van der Waals surface area contributed by atoms with E-state index in [1.807, 2.05) is 4.98 Å². The summed E-state index contributed by atoms with van der Waals surface area (Å²) in [6.07, 6.45) is -0.0125. The van der Waals surface area contributed by atoms with Gasteiger partial charge in [0.05, 0.1) is 6.20 Å². The number of hydrogen-bond acceptors (Lipinski definition) is 5. The van der Waals surface area contributed by atoms with Crippen LogP contribution in [0.2, 0.25) is 0 Å². The summed E-state index contributed by atoms with van der Waals surface area (Å²) in [4.78, 5) is 35.0. The highest BCUT2D eigenvalue weighted by molar-refractivity contribution is 9.09. The summed E-state index contributed by atoms with van der Waals surface area (Å²) in [7, 11) is 0. The van der Waals surface area contributed by atoms with Crippen molar-refractivity contribution in [1.29, 1.82) is 0 Å². The number of aromatic amines is 1. The van der Waals surface area contributed by atoms with Gasteiger partial charge in [0, 0.05) is 18.2 Å². The Balaban J connectivity index is 2.16. The van der Waals surface area contributed by atoms with Crippen LogP contribution in [0.15, 0.2) is 15.8 Å². The molecule has 1 saturated heterocycles. The lowest BCUT2D eigenvalue weighted by Gasteiger charge is -2.15. The van der Waals surface area contributed by atoms with Gasteiger partial charge in [-0.1, -0.05) is 15.9 Å². The number of nitrogens with zero attached hydrogens (tertiary/aromatic N) is 1. The first-order valence-corrected chi connectivity index (χ1v) is 6.74. The number of carbonyl (C=O) groups is 1. The Bertz CT molecular complexity index is 628. The number of alkyl halides is 1. The predicted octanol–water partition coefficient (Wildman–Crippen LogP) is 0.290. The summed E-state index contributed by atoms with van der Waals surface area (Å²) in [6.45, 7) is 1.31. The highest BCUT2D eigenvalue weighted by atomic mass is 79.9. The minimum atomic E-state index is -1.07. The van der Waals surface area contributed by atoms with E-state index in [0.717, 1.165) is 10.8 Å². The lowest BCUT2D eigenvalue weighted by atomic mass is 10.2. The molecule has 110 valence electrons. The van der Waals surface area contributed by atoms with Gasteiger partial charge in [-0.3, -0.25) is 19.1 Å². The van der Waals surface area contributed by atoms with Crippen molar-refractivity contribution in [3.05, 3.63) is 32.9 Å². The first kappa shape index (κ1) is 14.9. The van der Waals surface area contributed by atoms with Gasteiger partial charge >= 0.3 is 11.7 Å². The maximum Gasteiger partial charge on any atom is 0.330 e. The van der Waals surface area contributed by atoms with Crippen LogP contribution in [-0.2, 0) is 14.3 Å². The summed E-state index contributed by atoms with van der Waals surface area (Å²) < 4.78 is 24.6. The lowest BCUT2D eigenvalue weighted by Crippen LogP contribution is -2.34. The smallest absolute Gasteiger partial charge is 0.330 e. The number of nitrogens with one attached hydrogen (secondary N) is 1. The van der Waals surface area contributed by atoms with Gasteiger partial charge in [-0.05, 0) is 0 Å². The third kappa shape index (κ3) is 3.15. The summed E-state index contributed by atoms with van der Waals surface area (Å²) >= 11 is 3.35. The molecule has 0 aliphatic carbocycles. The number of esters is 1. The average Bonchev–Trinajstić information content (AvgIpc) is 2.72. The van der Waals surface area contributed by atoms with Crippen molar-refractivity contribution in [2.24, 2.45) is 0 Å². The summed E-state index contributed by atoms with van der Waals surface area (Å²) in [5, 5.41) is 0. The molecule has 9 heteroatoms. The molecule has 7 nitrogen and oxygen atoms in total. The molecule has 20 heavy (non-hydrogen) atoms. The van der Waals surface area contributed by atoms with Crippen molar-refractivity contribution in [1.82, 2.24) is 9.55 Å². The number of aromatic nitrogens is 2. The predicted molar refractivity (Wildman–Crippen MR) is 69.2 cm³/mol. The molecule has 1 aromatic rings. The molecule has 3 atom stereocenters. The lowest BCUT2D eigenvalue weighted by molar-refractivity contribution is -0.145. The third-order valence-corrected chi connectivity index (χ3v) is 3.81. The zero-order valence-corrected chi connectivity index (χ0v) is 12.1. The zero-order valence-electron chi connectivity index (χ0n) is 10.5. The van der Waals surface area contributed by atoms with E-state index in [-0.39, 0.29) is 11.4 Å². The fourth-order valence-corrected chi connectivity index (χ4v) is 2.48. The molecule has 0 bridgehead atoms. The van der Waals surface area contributed by atoms with E-state index in [9.17, 15) is 18.8 Å². The third-order valence-electron chi connectivity index (χ3n) is 2.85. The molecule has 0 amide bonds. The summed E-state index contributed by atoms with van der Waals surface area (Å²) in [6, 6.07) is 0. The van der Waals surface area contributed by atoms with Crippen molar-refractivity contribution < 1.29 is 18.7 Å². The van der Waals surface area contributed by atoms with Crippen LogP contribution in [0.5, 0.6) is 0 Å². The molecule has 1 N–H and O–H groups in total. The zero-order chi connectivity index (χ0) is 14.9. The fourth-order valence-electron chi connectivity index (χ4n) is 1.88. The van der Waals surface area contributed by atoms with E-state index in [1.54, 1.807) is 0 Å². The summed E-state index contributed by atoms with van der Waals surface area (Å²) in [5.41, 5.74) is -1.83. The van der Waals surface area contributed by atoms with E-state index in [2.05, 4.69) is 15.9 Å². The van der Waals surface area contributed by atoms with Crippen molar-refractivity contribution in [2.45, 2.75) is 30.5 Å².